The average Bonchev–Trinajstić information content (AvgIpc) is 2.35. The minimum Gasteiger partial charge on any atom is -0.377 e. The molecule has 1 aromatic rings. The molecular formula is C13H17BrN2O2. The maximum Gasteiger partial charge on any atom is 0.322 e. The Morgan fingerprint density at radius 1 is 1.56 bits per heavy atom. The van der Waals surface area contributed by atoms with Crippen LogP contribution in [0.1, 0.15) is 12.5 Å². The van der Waals surface area contributed by atoms with E-state index in [2.05, 4.69) is 21.2 Å². The lowest BCUT2D eigenvalue weighted by Crippen LogP contribution is -2.48. The molecule has 0 unspecified atom stereocenters. The van der Waals surface area contributed by atoms with E-state index in [9.17, 15) is 4.79 Å². The van der Waals surface area contributed by atoms with Gasteiger partial charge in [-0.15, -0.1) is 0 Å². The zero-order chi connectivity index (χ0) is 13.1. The Bertz CT molecular complexity index is 451. The van der Waals surface area contributed by atoms with Gasteiger partial charge in [-0.1, -0.05) is 12.1 Å². The number of halogens is 1. The van der Waals surface area contributed by atoms with E-state index < -0.39 is 0 Å². The van der Waals surface area contributed by atoms with Crippen LogP contribution in [0, 0.1) is 6.92 Å². The molecule has 1 N–H and O–H groups in total. The zero-order valence-electron chi connectivity index (χ0n) is 10.6. The summed E-state index contributed by atoms with van der Waals surface area (Å²) >= 11 is 3.49. The van der Waals surface area contributed by atoms with E-state index in [0.717, 1.165) is 15.7 Å². The zero-order valence-corrected chi connectivity index (χ0v) is 12.2. The Kier molecular flexibility index (Phi) is 4.24. The number of carbonyl (C=O) groups is 1. The molecule has 1 aliphatic rings. The van der Waals surface area contributed by atoms with Crippen LogP contribution in [0.4, 0.5) is 10.5 Å². The number of anilines is 1. The second kappa shape index (κ2) is 5.71. The van der Waals surface area contributed by atoms with Crippen LogP contribution >= 0.6 is 15.9 Å². The summed E-state index contributed by atoms with van der Waals surface area (Å²) in [5, 5.41) is 2.94. The van der Waals surface area contributed by atoms with E-state index in [4.69, 9.17) is 4.74 Å². The van der Waals surface area contributed by atoms with E-state index >= 15 is 0 Å². The summed E-state index contributed by atoms with van der Waals surface area (Å²) in [6.45, 7) is 5.83. The molecular weight excluding hydrogens is 296 g/mol. The minimum atomic E-state index is -0.0721. The van der Waals surface area contributed by atoms with Crippen LogP contribution in [0.15, 0.2) is 22.7 Å². The Hall–Kier alpha value is -1.07. The Labute approximate surface area is 115 Å². The number of ether oxygens (including phenoxy) is 1. The summed E-state index contributed by atoms with van der Waals surface area (Å²) in [7, 11) is 0. The molecule has 1 saturated heterocycles. The number of nitrogens with zero attached hydrogens (tertiary/aromatic N) is 1. The number of nitrogens with one attached hydrogen (secondary N) is 1. The fraction of sp³-hybridized carbons (Fsp3) is 0.462. The van der Waals surface area contributed by atoms with Crippen molar-refractivity contribution in [2.75, 3.05) is 25.1 Å². The monoisotopic (exact) mass is 312 g/mol. The van der Waals surface area contributed by atoms with Crippen LogP contribution in [0.3, 0.4) is 0 Å². The van der Waals surface area contributed by atoms with Crippen molar-refractivity contribution in [1.29, 1.82) is 0 Å². The van der Waals surface area contributed by atoms with Crippen molar-refractivity contribution in [3.63, 3.8) is 0 Å². The van der Waals surface area contributed by atoms with Crippen molar-refractivity contribution >= 4 is 27.6 Å². The highest BCUT2D eigenvalue weighted by atomic mass is 79.9. The molecule has 4 nitrogen and oxygen atoms in total. The van der Waals surface area contributed by atoms with Gasteiger partial charge in [-0.3, -0.25) is 0 Å². The van der Waals surface area contributed by atoms with Crippen LogP contribution in [0.25, 0.3) is 0 Å². The molecule has 0 spiro atoms. The quantitative estimate of drug-likeness (QED) is 0.866. The van der Waals surface area contributed by atoms with E-state index in [1.807, 2.05) is 32.0 Å². The SMILES string of the molecule is Cc1cccc(NC(=O)N2CCOC[C@H]2C)c1Br. The van der Waals surface area contributed by atoms with Gasteiger partial charge in [-0.25, -0.2) is 4.79 Å². The van der Waals surface area contributed by atoms with E-state index in [1.165, 1.54) is 0 Å². The van der Waals surface area contributed by atoms with Crippen LogP contribution in [0.5, 0.6) is 0 Å². The molecule has 0 aromatic heterocycles. The molecule has 0 aliphatic carbocycles. The Morgan fingerprint density at radius 2 is 2.33 bits per heavy atom. The lowest BCUT2D eigenvalue weighted by atomic mass is 10.2. The van der Waals surface area contributed by atoms with Gasteiger partial charge in [0.15, 0.2) is 0 Å². The number of urea groups is 1. The first-order chi connectivity index (χ1) is 8.59. The molecule has 1 atom stereocenters. The fourth-order valence-electron chi connectivity index (χ4n) is 1.96. The van der Waals surface area contributed by atoms with Crippen molar-refractivity contribution in [2.24, 2.45) is 0 Å². The van der Waals surface area contributed by atoms with Crippen LogP contribution in [-0.2, 0) is 4.74 Å². The highest BCUT2D eigenvalue weighted by Gasteiger charge is 2.24. The molecule has 1 aromatic carbocycles. The van der Waals surface area contributed by atoms with E-state index in [-0.39, 0.29) is 12.1 Å². The number of hydrogen-bond acceptors (Lipinski definition) is 2. The molecule has 98 valence electrons. The topological polar surface area (TPSA) is 41.6 Å². The number of morpholine rings is 1. The molecule has 0 saturated carbocycles. The summed E-state index contributed by atoms with van der Waals surface area (Å²) in [5.41, 5.74) is 1.90. The fourth-order valence-corrected chi connectivity index (χ4v) is 2.32. The maximum absolute atomic E-state index is 12.2. The highest BCUT2D eigenvalue weighted by Crippen LogP contribution is 2.26. The number of benzene rings is 1. The smallest absolute Gasteiger partial charge is 0.322 e. The van der Waals surface area contributed by atoms with Gasteiger partial charge >= 0.3 is 6.03 Å². The van der Waals surface area contributed by atoms with Gasteiger partial charge in [0.1, 0.15) is 0 Å². The normalized spacial score (nSPS) is 19.7. The Balaban J connectivity index is 2.09. The summed E-state index contributed by atoms with van der Waals surface area (Å²) in [6.07, 6.45) is 0. The van der Waals surface area contributed by atoms with Gasteiger partial charge in [-0.05, 0) is 41.4 Å². The number of rotatable bonds is 1. The molecule has 5 heteroatoms. The third-order valence-electron chi connectivity index (χ3n) is 3.06. The van der Waals surface area contributed by atoms with Crippen molar-refractivity contribution in [2.45, 2.75) is 19.9 Å². The average molecular weight is 313 g/mol. The lowest BCUT2D eigenvalue weighted by molar-refractivity contribution is 0.0221. The minimum absolute atomic E-state index is 0.0721. The van der Waals surface area contributed by atoms with Crippen LogP contribution in [-0.4, -0.2) is 36.7 Å². The molecule has 0 radical (unpaired) electrons. The maximum atomic E-state index is 12.2. The lowest BCUT2D eigenvalue weighted by Gasteiger charge is -2.33. The largest absolute Gasteiger partial charge is 0.377 e. The summed E-state index contributed by atoms with van der Waals surface area (Å²) < 4.78 is 6.25. The van der Waals surface area contributed by atoms with E-state index in [1.54, 1.807) is 4.90 Å². The molecule has 2 rings (SSSR count). The predicted molar refractivity (Wildman–Crippen MR) is 74.9 cm³/mol. The number of aryl methyl sites for hydroxylation is 1. The number of amides is 2. The highest BCUT2D eigenvalue weighted by molar-refractivity contribution is 9.10. The van der Waals surface area contributed by atoms with Gasteiger partial charge in [0.2, 0.25) is 0 Å². The first kappa shape index (κ1) is 13.4. The third kappa shape index (κ3) is 2.84. The molecule has 18 heavy (non-hydrogen) atoms. The summed E-state index contributed by atoms with van der Waals surface area (Å²) in [4.78, 5) is 14.0. The van der Waals surface area contributed by atoms with Crippen molar-refractivity contribution in [1.82, 2.24) is 4.90 Å². The predicted octanol–water partition coefficient (Wildman–Crippen LogP) is 3.01. The van der Waals surface area contributed by atoms with Crippen molar-refractivity contribution in [3.05, 3.63) is 28.2 Å². The van der Waals surface area contributed by atoms with Crippen molar-refractivity contribution < 1.29 is 9.53 Å². The van der Waals surface area contributed by atoms with Crippen molar-refractivity contribution in [3.8, 4) is 0 Å². The van der Waals surface area contributed by atoms with Crippen LogP contribution in [0.2, 0.25) is 0 Å². The first-order valence-corrected chi connectivity index (χ1v) is 6.79. The molecule has 1 fully saturated rings. The summed E-state index contributed by atoms with van der Waals surface area (Å²) in [5.74, 6) is 0. The first-order valence-electron chi connectivity index (χ1n) is 6.00. The second-order valence-corrected chi connectivity index (χ2v) is 5.28. The molecule has 0 bridgehead atoms. The molecule has 1 heterocycles. The standard InChI is InChI=1S/C13H17BrN2O2/c1-9-4-3-5-11(12(9)14)15-13(17)16-6-7-18-8-10(16)2/h3-5,10H,6-8H2,1-2H3,(H,15,17)/t10-/m1/s1. The van der Waals surface area contributed by atoms with Gasteiger partial charge in [0, 0.05) is 11.0 Å². The summed E-state index contributed by atoms with van der Waals surface area (Å²) in [6, 6.07) is 5.86. The van der Waals surface area contributed by atoms with Crippen LogP contribution < -0.4 is 5.32 Å². The number of hydrogen-bond donors (Lipinski definition) is 1. The molecule has 2 amide bonds. The van der Waals surface area contributed by atoms with Gasteiger partial charge in [0.25, 0.3) is 0 Å². The van der Waals surface area contributed by atoms with Gasteiger partial charge < -0.3 is 15.0 Å². The van der Waals surface area contributed by atoms with Gasteiger partial charge in [-0.2, -0.15) is 0 Å². The Morgan fingerprint density at radius 3 is 3.06 bits per heavy atom. The second-order valence-electron chi connectivity index (χ2n) is 4.48. The van der Waals surface area contributed by atoms with E-state index in [0.29, 0.717) is 19.8 Å². The molecule has 1 aliphatic heterocycles. The number of carbonyl (C=O) groups excluding carboxylic acids is 1. The third-order valence-corrected chi connectivity index (χ3v) is 4.11. The van der Waals surface area contributed by atoms with Gasteiger partial charge in [0.05, 0.1) is 24.9 Å².